The van der Waals surface area contributed by atoms with Gasteiger partial charge in [0.1, 0.15) is 5.60 Å². The molecule has 6 nitrogen and oxygen atoms in total. The number of rotatable bonds is 2. The van der Waals surface area contributed by atoms with Gasteiger partial charge in [-0.25, -0.2) is 4.79 Å². The van der Waals surface area contributed by atoms with Gasteiger partial charge in [0.25, 0.3) is 0 Å². The number of benzene rings is 1. The van der Waals surface area contributed by atoms with Crippen LogP contribution in [-0.2, 0) is 11.2 Å². The zero-order chi connectivity index (χ0) is 15.6. The molecule has 0 aromatic heterocycles. The third kappa shape index (κ3) is 3.45. The van der Waals surface area contributed by atoms with E-state index in [0.29, 0.717) is 5.56 Å². The lowest BCUT2D eigenvalue weighted by atomic mass is 10.0. The Morgan fingerprint density at radius 2 is 2.19 bits per heavy atom. The molecule has 0 heterocycles. The minimum atomic E-state index is -0.526. The van der Waals surface area contributed by atoms with E-state index in [1.807, 2.05) is 39.0 Å². The van der Waals surface area contributed by atoms with Crippen LogP contribution in [0.5, 0.6) is 0 Å². The van der Waals surface area contributed by atoms with E-state index in [0.717, 1.165) is 24.0 Å². The second-order valence-corrected chi connectivity index (χ2v) is 6.10. The standard InChI is InChI=1S/C15H21N3O3/c1-15(2,3)21-14(19)17-12-8-7-9-10(12)5-4-6-11(9)13(16)18-20/h4-6,12,20H,7-8H2,1-3H3,(H2,16,18)(H,17,19). The molecule has 1 atom stereocenters. The van der Waals surface area contributed by atoms with Gasteiger partial charge in [-0.05, 0) is 44.7 Å². The van der Waals surface area contributed by atoms with Crippen molar-refractivity contribution in [1.82, 2.24) is 5.32 Å². The Kier molecular flexibility index (Phi) is 4.06. The number of alkyl carbamates (subject to hydrolysis) is 1. The molecule has 0 saturated heterocycles. The maximum atomic E-state index is 11.9. The van der Waals surface area contributed by atoms with Crippen molar-refractivity contribution >= 4 is 11.9 Å². The van der Waals surface area contributed by atoms with Crippen LogP contribution < -0.4 is 11.1 Å². The smallest absolute Gasteiger partial charge is 0.408 e. The zero-order valence-corrected chi connectivity index (χ0v) is 12.5. The summed E-state index contributed by atoms with van der Waals surface area (Å²) in [5.74, 6) is 0.0877. The summed E-state index contributed by atoms with van der Waals surface area (Å²) in [5.41, 5.74) is 7.87. The number of amidine groups is 1. The number of carbonyl (C=O) groups excluding carboxylic acids is 1. The summed E-state index contributed by atoms with van der Waals surface area (Å²) in [7, 11) is 0. The molecule has 114 valence electrons. The molecule has 0 radical (unpaired) electrons. The average Bonchev–Trinajstić information content (AvgIpc) is 2.79. The molecular weight excluding hydrogens is 270 g/mol. The van der Waals surface area contributed by atoms with Gasteiger partial charge in [-0.1, -0.05) is 23.4 Å². The van der Waals surface area contributed by atoms with Gasteiger partial charge in [0.05, 0.1) is 6.04 Å². The van der Waals surface area contributed by atoms with E-state index in [4.69, 9.17) is 15.7 Å². The van der Waals surface area contributed by atoms with Crippen LogP contribution >= 0.6 is 0 Å². The molecule has 0 aliphatic heterocycles. The van der Waals surface area contributed by atoms with Crippen molar-refractivity contribution in [1.29, 1.82) is 0 Å². The van der Waals surface area contributed by atoms with Crippen LogP contribution in [0.2, 0.25) is 0 Å². The first-order chi connectivity index (χ1) is 9.81. The topological polar surface area (TPSA) is 96.9 Å². The fraction of sp³-hybridized carbons (Fsp3) is 0.467. The summed E-state index contributed by atoms with van der Waals surface area (Å²) < 4.78 is 5.28. The van der Waals surface area contributed by atoms with Crippen LogP contribution in [0, 0.1) is 0 Å². The van der Waals surface area contributed by atoms with Gasteiger partial charge in [-0.15, -0.1) is 0 Å². The summed E-state index contributed by atoms with van der Waals surface area (Å²) in [6.07, 6.45) is 1.10. The molecule has 6 heteroatoms. The Hall–Kier alpha value is -2.24. The lowest BCUT2D eigenvalue weighted by Gasteiger charge is -2.22. The number of oxime groups is 1. The molecule has 0 fully saturated rings. The van der Waals surface area contributed by atoms with Crippen LogP contribution in [-0.4, -0.2) is 22.7 Å². The highest BCUT2D eigenvalue weighted by atomic mass is 16.6. The SMILES string of the molecule is CC(C)(C)OC(=O)NC1CCc2c(/C(N)=N/O)cccc21. The fourth-order valence-corrected chi connectivity index (χ4v) is 2.55. The molecule has 1 amide bonds. The largest absolute Gasteiger partial charge is 0.444 e. The van der Waals surface area contributed by atoms with E-state index >= 15 is 0 Å². The first-order valence-corrected chi connectivity index (χ1v) is 6.91. The van der Waals surface area contributed by atoms with E-state index in [-0.39, 0.29) is 11.9 Å². The quantitative estimate of drug-likeness (QED) is 0.337. The Bertz CT molecular complexity index is 576. The summed E-state index contributed by atoms with van der Waals surface area (Å²) in [5, 5.41) is 14.8. The Morgan fingerprint density at radius 3 is 2.81 bits per heavy atom. The first-order valence-electron chi connectivity index (χ1n) is 6.91. The molecule has 1 aromatic rings. The van der Waals surface area contributed by atoms with Crippen LogP contribution in [0.15, 0.2) is 23.4 Å². The highest BCUT2D eigenvalue weighted by molar-refractivity contribution is 5.98. The van der Waals surface area contributed by atoms with E-state index in [1.165, 1.54) is 0 Å². The number of nitrogens with zero attached hydrogens (tertiary/aromatic N) is 1. The van der Waals surface area contributed by atoms with Crippen molar-refractivity contribution in [3.63, 3.8) is 0 Å². The van der Waals surface area contributed by atoms with Crippen molar-refractivity contribution in [3.05, 3.63) is 34.9 Å². The summed E-state index contributed by atoms with van der Waals surface area (Å²) in [4.78, 5) is 11.9. The normalized spacial score (nSPS) is 18.2. The van der Waals surface area contributed by atoms with Gasteiger partial charge in [0.2, 0.25) is 0 Å². The number of nitrogens with two attached hydrogens (primary N) is 1. The molecule has 1 unspecified atom stereocenters. The summed E-state index contributed by atoms with van der Waals surface area (Å²) in [6, 6.07) is 5.48. The Morgan fingerprint density at radius 1 is 1.48 bits per heavy atom. The maximum Gasteiger partial charge on any atom is 0.408 e. The van der Waals surface area contributed by atoms with Crippen LogP contribution in [0.4, 0.5) is 4.79 Å². The van der Waals surface area contributed by atoms with Gasteiger partial charge < -0.3 is 21.0 Å². The van der Waals surface area contributed by atoms with Crippen LogP contribution in [0.3, 0.4) is 0 Å². The molecule has 0 bridgehead atoms. The summed E-state index contributed by atoms with van der Waals surface area (Å²) >= 11 is 0. The average molecular weight is 291 g/mol. The lowest BCUT2D eigenvalue weighted by Crippen LogP contribution is -2.34. The van der Waals surface area contributed by atoms with Gasteiger partial charge in [0.15, 0.2) is 5.84 Å². The fourth-order valence-electron chi connectivity index (χ4n) is 2.55. The lowest BCUT2D eigenvalue weighted by molar-refractivity contribution is 0.0503. The second kappa shape index (κ2) is 5.63. The molecular formula is C15H21N3O3. The van der Waals surface area contributed by atoms with Gasteiger partial charge >= 0.3 is 6.09 Å². The maximum absolute atomic E-state index is 11.9. The van der Waals surface area contributed by atoms with E-state index in [1.54, 1.807) is 0 Å². The predicted octanol–water partition coefficient (Wildman–Crippen LogP) is 2.29. The molecule has 0 saturated carbocycles. The van der Waals surface area contributed by atoms with Gasteiger partial charge in [-0.2, -0.15) is 0 Å². The highest BCUT2D eigenvalue weighted by Gasteiger charge is 2.28. The summed E-state index contributed by atoms with van der Waals surface area (Å²) in [6.45, 7) is 5.48. The predicted molar refractivity (Wildman–Crippen MR) is 79.4 cm³/mol. The van der Waals surface area contributed by atoms with Crippen molar-refractivity contribution in [2.45, 2.75) is 45.3 Å². The number of fused-ring (bicyclic) bond motifs is 1. The zero-order valence-electron chi connectivity index (χ0n) is 12.5. The van der Waals surface area contributed by atoms with Gasteiger partial charge in [0, 0.05) is 5.56 Å². The molecule has 1 aliphatic rings. The van der Waals surface area contributed by atoms with E-state index in [9.17, 15) is 4.79 Å². The third-order valence-electron chi connectivity index (χ3n) is 3.35. The molecule has 1 aliphatic carbocycles. The number of ether oxygens (including phenoxy) is 1. The number of hydrogen-bond donors (Lipinski definition) is 3. The Balaban J connectivity index is 2.18. The van der Waals surface area contributed by atoms with Crippen molar-refractivity contribution in [2.75, 3.05) is 0 Å². The molecule has 1 aromatic carbocycles. The highest BCUT2D eigenvalue weighted by Crippen LogP contribution is 2.33. The van der Waals surface area contributed by atoms with E-state index < -0.39 is 11.7 Å². The number of carbonyl (C=O) groups is 1. The molecule has 4 N–H and O–H groups in total. The number of hydrogen-bond acceptors (Lipinski definition) is 4. The minimum Gasteiger partial charge on any atom is -0.444 e. The van der Waals surface area contributed by atoms with Crippen LogP contribution in [0.25, 0.3) is 0 Å². The second-order valence-electron chi connectivity index (χ2n) is 6.10. The molecule has 2 rings (SSSR count). The molecule has 21 heavy (non-hydrogen) atoms. The third-order valence-corrected chi connectivity index (χ3v) is 3.35. The monoisotopic (exact) mass is 291 g/mol. The van der Waals surface area contributed by atoms with Crippen molar-refractivity contribution < 1.29 is 14.7 Å². The number of nitrogens with one attached hydrogen (secondary N) is 1. The van der Waals surface area contributed by atoms with Crippen molar-refractivity contribution in [2.24, 2.45) is 10.9 Å². The van der Waals surface area contributed by atoms with Gasteiger partial charge in [-0.3, -0.25) is 0 Å². The minimum absolute atomic E-state index is 0.0877. The molecule has 0 spiro atoms. The Labute approximate surface area is 124 Å². The first kappa shape index (κ1) is 15.2. The van der Waals surface area contributed by atoms with Crippen molar-refractivity contribution in [3.8, 4) is 0 Å². The van der Waals surface area contributed by atoms with E-state index in [2.05, 4.69) is 10.5 Å². The van der Waals surface area contributed by atoms with Crippen LogP contribution in [0.1, 0.15) is 49.9 Å². The number of amides is 1.